The van der Waals surface area contributed by atoms with Gasteiger partial charge in [-0.05, 0) is 19.3 Å². The molecule has 0 radical (unpaired) electrons. The Hall–Kier alpha value is -2.45. The molecule has 0 spiro atoms. The van der Waals surface area contributed by atoms with E-state index in [0.29, 0.717) is 43.7 Å². The summed E-state index contributed by atoms with van der Waals surface area (Å²) in [5, 5.41) is 1.61. The van der Waals surface area contributed by atoms with E-state index in [4.69, 9.17) is 9.68 Å². The van der Waals surface area contributed by atoms with Crippen LogP contribution in [0, 0.1) is 0 Å². The van der Waals surface area contributed by atoms with Gasteiger partial charge in [0, 0.05) is 32.1 Å². The number of hydrogen-bond acceptors (Lipinski definition) is 7. The highest BCUT2D eigenvalue weighted by Crippen LogP contribution is 2.14. The first kappa shape index (κ1) is 17.9. The number of carbonyl (C=O) groups is 5. The highest BCUT2D eigenvalue weighted by molar-refractivity contribution is 6.01. The SMILES string of the molecule is O=C(CCCCCC(=O)ON1C(=O)CCC1=O)ON1CCCC1=O. The Morgan fingerprint density at radius 3 is 1.92 bits per heavy atom. The number of hydrogen-bond donors (Lipinski definition) is 0. The van der Waals surface area contributed by atoms with Crippen molar-refractivity contribution in [1.82, 2.24) is 10.1 Å². The smallest absolute Gasteiger partial charge is 0.333 e. The van der Waals surface area contributed by atoms with Crippen LogP contribution in [0.3, 0.4) is 0 Å². The van der Waals surface area contributed by atoms with Crippen molar-refractivity contribution in [3.63, 3.8) is 0 Å². The largest absolute Gasteiger partial charge is 0.338 e. The van der Waals surface area contributed by atoms with Gasteiger partial charge in [0.1, 0.15) is 0 Å². The van der Waals surface area contributed by atoms with Crippen molar-refractivity contribution >= 4 is 29.7 Å². The van der Waals surface area contributed by atoms with Gasteiger partial charge < -0.3 is 9.68 Å². The third-order valence-electron chi connectivity index (χ3n) is 3.70. The number of rotatable bonds is 8. The Labute approximate surface area is 138 Å². The molecule has 0 bridgehead atoms. The lowest BCUT2D eigenvalue weighted by atomic mass is 10.1. The zero-order valence-corrected chi connectivity index (χ0v) is 13.3. The van der Waals surface area contributed by atoms with E-state index in [2.05, 4.69) is 0 Å². The second-order valence-corrected chi connectivity index (χ2v) is 5.67. The molecule has 0 saturated carbocycles. The molecule has 2 aliphatic heterocycles. The zero-order valence-electron chi connectivity index (χ0n) is 13.3. The Bertz CT molecular complexity index is 530. The molecule has 2 saturated heterocycles. The molecule has 0 aliphatic carbocycles. The zero-order chi connectivity index (χ0) is 17.5. The minimum atomic E-state index is -0.649. The van der Waals surface area contributed by atoms with Crippen molar-refractivity contribution in [3.8, 4) is 0 Å². The standard InChI is InChI=1S/C15H20N2O7/c18-11-5-4-10-16(11)23-14(21)6-2-1-3-7-15(22)24-17-12(19)8-9-13(17)20/h1-10H2. The minimum Gasteiger partial charge on any atom is -0.338 e. The summed E-state index contributed by atoms with van der Waals surface area (Å²) < 4.78 is 0. The molecule has 2 heterocycles. The third kappa shape index (κ3) is 5.04. The van der Waals surface area contributed by atoms with Gasteiger partial charge in [-0.2, -0.15) is 5.06 Å². The molecule has 24 heavy (non-hydrogen) atoms. The van der Waals surface area contributed by atoms with Crippen LogP contribution >= 0.6 is 0 Å². The van der Waals surface area contributed by atoms with Crippen molar-refractivity contribution < 1.29 is 33.6 Å². The molecular weight excluding hydrogens is 320 g/mol. The number of hydroxylamine groups is 4. The van der Waals surface area contributed by atoms with Crippen molar-refractivity contribution in [3.05, 3.63) is 0 Å². The van der Waals surface area contributed by atoms with Crippen LogP contribution in [-0.2, 0) is 33.6 Å². The summed E-state index contributed by atoms with van der Waals surface area (Å²) >= 11 is 0. The third-order valence-corrected chi connectivity index (χ3v) is 3.70. The second-order valence-electron chi connectivity index (χ2n) is 5.67. The van der Waals surface area contributed by atoms with Crippen molar-refractivity contribution in [2.75, 3.05) is 6.54 Å². The van der Waals surface area contributed by atoms with E-state index in [1.165, 1.54) is 0 Å². The average Bonchev–Trinajstić information content (AvgIpc) is 3.07. The summed E-state index contributed by atoms with van der Waals surface area (Å²) in [6.07, 6.45) is 2.98. The van der Waals surface area contributed by atoms with E-state index in [1.807, 2.05) is 0 Å². The molecule has 132 valence electrons. The van der Waals surface area contributed by atoms with Gasteiger partial charge in [0.05, 0.1) is 6.54 Å². The Morgan fingerprint density at radius 2 is 1.38 bits per heavy atom. The normalized spacial score (nSPS) is 17.6. The predicted octanol–water partition coefficient (Wildman–Crippen LogP) is 0.625. The van der Waals surface area contributed by atoms with E-state index >= 15 is 0 Å². The highest BCUT2D eigenvalue weighted by atomic mass is 16.7. The van der Waals surface area contributed by atoms with Gasteiger partial charge in [0.2, 0.25) is 0 Å². The Kier molecular flexibility index (Phi) is 6.28. The number of unbranched alkanes of at least 4 members (excludes halogenated alkanes) is 2. The monoisotopic (exact) mass is 340 g/mol. The van der Waals surface area contributed by atoms with Crippen molar-refractivity contribution in [2.24, 2.45) is 0 Å². The Balaban J connectivity index is 1.53. The topological polar surface area (TPSA) is 110 Å². The molecule has 0 N–H and O–H groups in total. The fraction of sp³-hybridized carbons (Fsp3) is 0.667. The molecule has 0 aromatic carbocycles. The second kappa shape index (κ2) is 8.42. The van der Waals surface area contributed by atoms with E-state index in [1.54, 1.807) is 0 Å². The molecule has 0 aromatic rings. The van der Waals surface area contributed by atoms with Crippen LogP contribution in [0.15, 0.2) is 0 Å². The molecule has 0 atom stereocenters. The van der Waals surface area contributed by atoms with Gasteiger partial charge in [-0.25, -0.2) is 9.59 Å². The van der Waals surface area contributed by atoms with E-state index in [0.717, 1.165) is 5.06 Å². The van der Waals surface area contributed by atoms with Gasteiger partial charge in [0.15, 0.2) is 0 Å². The molecule has 0 unspecified atom stereocenters. The van der Waals surface area contributed by atoms with Gasteiger partial charge >= 0.3 is 11.9 Å². The van der Waals surface area contributed by atoms with E-state index in [-0.39, 0.29) is 31.6 Å². The summed E-state index contributed by atoms with van der Waals surface area (Å²) in [6, 6.07) is 0. The first-order valence-corrected chi connectivity index (χ1v) is 8.05. The first-order chi connectivity index (χ1) is 11.5. The summed E-state index contributed by atoms with van der Waals surface area (Å²) in [5.74, 6) is -2.32. The van der Waals surface area contributed by atoms with Crippen LogP contribution in [0.2, 0.25) is 0 Å². The maximum Gasteiger partial charge on any atom is 0.333 e. The van der Waals surface area contributed by atoms with Gasteiger partial charge in [0.25, 0.3) is 17.7 Å². The van der Waals surface area contributed by atoms with Crippen LogP contribution in [0.5, 0.6) is 0 Å². The van der Waals surface area contributed by atoms with Crippen LogP contribution in [0.4, 0.5) is 0 Å². The van der Waals surface area contributed by atoms with Gasteiger partial charge in [-0.3, -0.25) is 14.4 Å². The molecule has 0 aromatic heterocycles. The number of carbonyl (C=O) groups excluding carboxylic acids is 5. The summed E-state index contributed by atoms with van der Waals surface area (Å²) in [4.78, 5) is 66.6. The molecule has 3 amide bonds. The van der Waals surface area contributed by atoms with Gasteiger partial charge in [-0.1, -0.05) is 6.42 Å². The quantitative estimate of drug-likeness (QED) is 0.470. The van der Waals surface area contributed by atoms with Crippen molar-refractivity contribution in [2.45, 2.75) is 57.8 Å². The lowest BCUT2D eigenvalue weighted by Gasteiger charge is -2.14. The maximum absolute atomic E-state index is 11.6. The van der Waals surface area contributed by atoms with Crippen LogP contribution in [0.1, 0.15) is 57.8 Å². The minimum absolute atomic E-state index is 0.0523. The highest BCUT2D eigenvalue weighted by Gasteiger charge is 2.32. The van der Waals surface area contributed by atoms with Crippen LogP contribution in [-0.4, -0.2) is 46.3 Å². The van der Waals surface area contributed by atoms with E-state index < -0.39 is 23.8 Å². The molecular formula is C15H20N2O7. The summed E-state index contributed by atoms with van der Waals surface area (Å²) in [7, 11) is 0. The lowest BCUT2D eigenvalue weighted by molar-refractivity contribution is -0.197. The lowest BCUT2D eigenvalue weighted by Crippen LogP contribution is -2.31. The predicted molar refractivity (Wildman–Crippen MR) is 77.3 cm³/mol. The average molecular weight is 340 g/mol. The van der Waals surface area contributed by atoms with Gasteiger partial charge in [-0.15, -0.1) is 5.06 Å². The first-order valence-electron chi connectivity index (χ1n) is 8.05. The van der Waals surface area contributed by atoms with E-state index in [9.17, 15) is 24.0 Å². The maximum atomic E-state index is 11.6. The summed E-state index contributed by atoms with van der Waals surface area (Å²) in [6.45, 7) is 0.435. The number of imide groups is 1. The molecule has 2 rings (SSSR count). The molecule has 9 nitrogen and oxygen atoms in total. The fourth-order valence-corrected chi connectivity index (χ4v) is 2.41. The van der Waals surface area contributed by atoms with Crippen LogP contribution < -0.4 is 0 Å². The number of nitrogens with zero attached hydrogens (tertiary/aromatic N) is 2. The molecule has 2 fully saturated rings. The molecule has 2 aliphatic rings. The fourth-order valence-electron chi connectivity index (χ4n) is 2.41. The Morgan fingerprint density at radius 1 is 0.792 bits per heavy atom. The molecule has 9 heteroatoms. The summed E-state index contributed by atoms with van der Waals surface area (Å²) in [5.41, 5.74) is 0. The number of amides is 3. The van der Waals surface area contributed by atoms with Crippen LogP contribution in [0.25, 0.3) is 0 Å². The van der Waals surface area contributed by atoms with Crippen molar-refractivity contribution in [1.29, 1.82) is 0 Å².